The summed E-state index contributed by atoms with van der Waals surface area (Å²) in [5.74, 6) is -0.789. The Morgan fingerprint density at radius 2 is 2.04 bits per heavy atom. The Kier molecular flexibility index (Phi) is 3.51. The highest BCUT2D eigenvalue weighted by molar-refractivity contribution is 7.93. The lowest BCUT2D eigenvalue weighted by Crippen LogP contribution is -2.13. The van der Waals surface area contributed by atoms with Gasteiger partial charge in [0.2, 0.25) is 0 Å². The molecular formula is C18H14FN3O2S. The van der Waals surface area contributed by atoms with Gasteiger partial charge in [0.25, 0.3) is 10.0 Å². The number of sulfonamides is 1. The Morgan fingerprint density at radius 1 is 1.20 bits per heavy atom. The molecule has 0 saturated carbocycles. The van der Waals surface area contributed by atoms with Crippen LogP contribution in [0.15, 0.2) is 41.4 Å². The van der Waals surface area contributed by atoms with Gasteiger partial charge in [0, 0.05) is 11.6 Å². The number of rotatable bonds is 3. The van der Waals surface area contributed by atoms with Crippen LogP contribution in [0.5, 0.6) is 0 Å². The molecule has 0 unspecified atom stereocenters. The Balaban J connectivity index is 1.76. The van der Waals surface area contributed by atoms with Crippen molar-refractivity contribution >= 4 is 26.6 Å². The molecule has 0 bridgehead atoms. The van der Waals surface area contributed by atoms with Gasteiger partial charge in [-0.1, -0.05) is 12.1 Å². The molecule has 0 amide bonds. The van der Waals surface area contributed by atoms with Crippen LogP contribution in [0.1, 0.15) is 23.1 Å². The van der Waals surface area contributed by atoms with Crippen LogP contribution in [-0.4, -0.2) is 13.4 Å². The standard InChI is InChI=1S/C18H14FN3O2S/c19-15-8-11(9-20)4-7-16(15)22-25(23,24)17-10-21-18-13-3-1-2-12(13)5-6-14(17)18/h4-8,10,21-22H,1-3H2. The fourth-order valence-electron chi connectivity index (χ4n) is 3.34. The van der Waals surface area contributed by atoms with Crippen molar-refractivity contribution in [1.29, 1.82) is 5.26 Å². The van der Waals surface area contributed by atoms with Crippen LogP contribution >= 0.6 is 0 Å². The molecule has 2 N–H and O–H groups in total. The zero-order valence-electron chi connectivity index (χ0n) is 13.1. The number of nitriles is 1. The van der Waals surface area contributed by atoms with E-state index < -0.39 is 15.8 Å². The summed E-state index contributed by atoms with van der Waals surface area (Å²) in [7, 11) is -3.96. The molecule has 1 aliphatic carbocycles. The second-order valence-corrected chi connectivity index (χ2v) is 7.70. The highest BCUT2D eigenvalue weighted by Crippen LogP contribution is 2.33. The minimum absolute atomic E-state index is 0.0842. The molecule has 0 fully saturated rings. The van der Waals surface area contributed by atoms with Gasteiger partial charge in [-0.15, -0.1) is 0 Å². The van der Waals surface area contributed by atoms with Crippen molar-refractivity contribution in [2.24, 2.45) is 0 Å². The van der Waals surface area contributed by atoms with Gasteiger partial charge in [0.1, 0.15) is 10.7 Å². The van der Waals surface area contributed by atoms with Crippen molar-refractivity contribution in [1.82, 2.24) is 4.98 Å². The highest BCUT2D eigenvalue weighted by Gasteiger charge is 2.23. The Morgan fingerprint density at radius 3 is 2.80 bits per heavy atom. The first kappa shape index (κ1) is 15.7. The number of aryl methyl sites for hydroxylation is 2. The van der Waals surface area contributed by atoms with Crippen LogP contribution in [-0.2, 0) is 22.9 Å². The first-order valence-electron chi connectivity index (χ1n) is 7.84. The van der Waals surface area contributed by atoms with Gasteiger partial charge >= 0.3 is 0 Å². The van der Waals surface area contributed by atoms with Crippen LogP contribution in [0.3, 0.4) is 0 Å². The molecular weight excluding hydrogens is 341 g/mol. The number of fused-ring (bicyclic) bond motifs is 3. The van der Waals surface area contributed by atoms with Crippen molar-refractivity contribution in [2.45, 2.75) is 24.2 Å². The van der Waals surface area contributed by atoms with E-state index in [4.69, 9.17) is 5.26 Å². The number of halogens is 1. The molecule has 4 rings (SSSR count). The topological polar surface area (TPSA) is 85.8 Å². The highest BCUT2D eigenvalue weighted by atomic mass is 32.2. The van der Waals surface area contributed by atoms with Crippen LogP contribution in [0, 0.1) is 17.1 Å². The van der Waals surface area contributed by atoms with Gasteiger partial charge in [0.15, 0.2) is 0 Å². The zero-order valence-corrected chi connectivity index (χ0v) is 14.0. The Labute approximate surface area is 144 Å². The van der Waals surface area contributed by atoms with Gasteiger partial charge < -0.3 is 4.98 Å². The molecule has 126 valence electrons. The molecule has 25 heavy (non-hydrogen) atoms. The molecule has 2 aromatic carbocycles. The third-order valence-corrected chi connectivity index (χ3v) is 5.93. The van der Waals surface area contributed by atoms with Crippen molar-refractivity contribution in [3.63, 3.8) is 0 Å². The normalized spacial score (nSPS) is 13.6. The third kappa shape index (κ3) is 2.55. The van der Waals surface area contributed by atoms with E-state index in [2.05, 4.69) is 9.71 Å². The van der Waals surface area contributed by atoms with E-state index in [1.807, 2.05) is 12.1 Å². The van der Waals surface area contributed by atoms with Crippen LogP contribution in [0.25, 0.3) is 10.9 Å². The maximum atomic E-state index is 14.0. The average molecular weight is 355 g/mol. The van der Waals surface area contributed by atoms with Crippen LogP contribution in [0.2, 0.25) is 0 Å². The smallest absolute Gasteiger partial charge is 0.264 e. The largest absolute Gasteiger partial charge is 0.360 e. The molecule has 0 aliphatic heterocycles. The SMILES string of the molecule is N#Cc1ccc(NS(=O)(=O)c2c[nH]c3c4c(ccc23)CCC4)c(F)c1. The predicted molar refractivity (Wildman–Crippen MR) is 92.2 cm³/mol. The molecule has 0 saturated heterocycles. The summed E-state index contributed by atoms with van der Waals surface area (Å²) in [6.07, 6.45) is 4.42. The number of aromatic nitrogens is 1. The minimum atomic E-state index is -3.96. The Hall–Kier alpha value is -2.85. The van der Waals surface area contributed by atoms with Gasteiger partial charge in [-0.25, -0.2) is 12.8 Å². The lowest BCUT2D eigenvalue weighted by Gasteiger charge is -2.09. The predicted octanol–water partition coefficient (Wildman–Crippen LogP) is 3.47. The number of hydrogen-bond acceptors (Lipinski definition) is 3. The lowest BCUT2D eigenvalue weighted by atomic mass is 10.1. The number of anilines is 1. The summed E-state index contributed by atoms with van der Waals surface area (Å²) in [4.78, 5) is 3.14. The van der Waals surface area contributed by atoms with Crippen LogP contribution < -0.4 is 4.72 Å². The first-order chi connectivity index (χ1) is 12.0. The molecule has 0 spiro atoms. The summed E-state index contributed by atoms with van der Waals surface area (Å²) < 4.78 is 41.7. The molecule has 1 aromatic heterocycles. The van der Waals surface area contributed by atoms with E-state index in [1.54, 1.807) is 6.07 Å². The minimum Gasteiger partial charge on any atom is -0.360 e. The number of nitrogens with zero attached hydrogens (tertiary/aromatic N) is 1. The monoisotopic (exact) mass is 355 g/mol. The van der Waals surface area contributed by atoms with E-state index in [1.165, 1.54) is 23.9 Å². The first-order valence-corrected chi connectivity index (χ1v) is 9.32. The van der Waals surface area contributed by atoms with Gasteiger partial charge in [-0.2, -0.15) is 5.26 Å². The zero-order chi connectivity index (χ0) is 17.6. The quantitative estimate of drug-likeness (QED) is 0.754. The number of aromatic amines is 1. The molecule has 3 aromatic rings. The van der Waals surface area contributed by atoms with E-state index in [9.17, 15) is 12.8 Å². The van der Waals surface area contributed by atoms with Gasteiger partial charge in [-0.3, -0.25) is 4.72 Å². The second-order valence-electron chi connectivity index (χ2n) is 6.04. The van der Waals surface area contributed by atoms with Gasteiger partial charge in [0.05, 0.1) is 22.8 Å². The second kappa shape index (κ2) is 5.60. The van der Waals surface area contributed by atoms with Gasteiger partial charge in [-0.05, 0) is 48.6 Å². The molecule has 1 aliphatic rings. The van der Waals surface area contributed by atoms with E-state index in [-0.39, 0.29) is 16.1 Å². The van der Waals surface area contributed by atoms with Crippen molar-refractivity contribution in [3.8, 4) is 6.07 Å². The summed E-state index contributed by atoms with van der Waals surface area (Å²) in [6, 6.07) is 9.17. The number of benzene rings is 2. The molecule has 0 radical (unpaired) electrons. The van der Waals surface area contributed by atoms with Crippen LogP contribution in [0.4, 0.5) is 10.1 Å². The summed E-state index contributed by atoms with van der Waals surface area (Å²) >= 11 is 0. The lowest BCUT2D eigenvalue weighted by molar-refractivity contribution is 0.599. The molecule has 1 heterocycles. The van der Waals surface area contributed by atoms with E-state index >= 15 is 0 Å². The number of H-pyrrole nitrogens is 1. The fraction of sp³-hybridized carbons (Fsp3) is 0.167. The van der Waals surface area contributed by atoms with Crippen molar-refractivity contribution in [2.75, 3.05) is 4.72 Å². The maximum absolute atomic E-state index is 14.0. The van der Waals surface area contributed by atoms with Crippen molar-refractivity contribution < 1.29 is 12.8 Å². The summed E-state index contributed by atoms with van der Waals surface area (Å²) in [6.45, 7) is 0. The summed E-state index contributed by atoms with van der Waals surface area (Å²) in [5.41, 5.74) is 3.17. The summed E-state index contributed by atoms with van der Waals surface area (Å²) in [5, 5.41) is 9.37. The average Bonchev–Trinajstić information content (AvgIpc) is 3.22. The number of nitrogens with one attached hydrogen (secondary N) is 2. The Bertz CT molecular complexity index is 1140. The molecule has 7 heteroatoms. The molecule has 0 atom stereocenters. The van der Waals surface area contributed by atoms with E-state index in [0.29, 0.717) is 5.39 Å². The third-order valence-electron chi connectivity index (χ3n) is 4.53. The number of hydrogen-bond donors (Lipinski definition) is 2. The van der Waals surface area contributed by atoms with E-state index in [0.717, 1.165) is 36.4 Å². The fourth-order valence-corrected chi connectivity index (χ4v) is 4.58. The van der Waals surface area contributed by atoms with Crippen molar-refractivity contribution in [3.05, 3.63) is 59.0 Å². The molecule has 5 nitrogen and oxygen atoms in total. The maximum Gasteiger partial charge on any atom is 0.264 e.